The smallest absolute Gasteiger partial charge is 0.254 e. The normalized spacial score (nSPS) is 20.7. The minimum absolute atomic E-state index is 0.0104. The Morgan fingerprint density at radius 3 is 2.42 bits per heavy atom. The summed E-state index contributed by atoms with van der Waals surface area (Å²) in [6, 6.07) is 9.29. The second kappa shape index (κ2) is 9.14. The first-order valence-corrected chi connectivity index (χ1v) is 9.28. The molecule has 1 fully saturated rings. The van der Waals surface area contributed by atoms with E-state index in [2.05, 4.69) is 4.90 Å². The molecule has 2 atom stereocenters. The van der Waals surface area contributed by atoms with E-state index in [1.165, 1.54) is 0 Å². The molecule has 26 heavy (non-hydrogen) atoms. The molecular formula is C20H31N3O3. The van der Waals surface area contributed by atoms with Crippen LogP contribution < -0.4 is 0 Å². The van der Waals surface area contributed by atoms with Crippen LogP contribution in [0.3, 0.4) is 0 Å². The van der Waals surface area contributed by atoms with E-state index in [4.69, 9.17) is 4.74 Å². The molecule has 0 N–H and O–H groups in total. The van der Waals surface area contributed by atoms with Crippen LogP contribution in [-0.2, 0) is 14.3 Å². The summed E-state index contributed by atoms with van der Waals surface area (Å²) in [4.78, 5) is 31.4. The maximum Gasteiger partial charge on any atom is 0.254 e. The van der Waals surface area contributed by atoms with Gasteiger partial charge in [-0.15, -0.1) is 0 Å². The lowest BCUT2D eigenvalue weighted by Gasteiger charge is -2.44. The largest absolute Gasteiger partial charge is 0.356 e. The molecule has 1 aromatic carbocycles. The number of likely N-dealkylation sites (N-methyl/N-ethyl adjacent to an activating group) is 2. The first-order valence-electron chi connectivity index (χ1n) is 9.28. The molecule has 1 aliphatic heterocycles. The van der Waals surface area contributed by atoms with Gasteiger partial charge in [0.2, 0.25) is 5.91 Å². The number of carbonyl (C=O) groups excluding carboxylic acids is 2. The zero-order chi connectivity index (χ0) is 19.3. The Kier molecular flexibility index (Phi) is 7.17. The van der Waals surface area contributed by atoms with Crippen molar-refractivity contribution in [1.82, 2.24) is 14.7 Å². The van der Waals surface area contributed by atoms with Crippen molar-refractivity contribution in [3.8, 4) is 0 Å². The second-order valence-corrected chi connectivity index (χ2v) is 7.20. The summed E-state index contributed by atoms with van der Waals surface area (Å²) in [5.41, 5.74) is 0.927. The van der Waals surface area contributed by atoms with Gasteiger partial charge in [-0.3, -0.25) is 9.59 Å². The van der Waals surface area contributed by atoms with Crippen LogP contribution in [0.25, 0.3) is 0 Å². The quantitative estimate of drug-likeness (QED) is 0.743. The van der Waals surface area contributed by atoms with Crippen LogP contribution in [0.2, 0.25) is 0 Å². The van der Waals surface area contributed by atoms with Gasteiger partial charge in [-0.25, -0.2) is 0 Å². The lowest BCUT2D eigenvalue weighted by atomic mass is 9.95. The third-order valence-corrected chi connectivity index (χ3v) is 4.71. The summed E-state index contributed by atoms with van der Waals surface area (Å²) in [7, 11) is 3.97. The van der Waals surface area contributed by atoms with Gasteiger partial charge in [-0.1, -0.05) is 30.3 Å². The summed E-state index contributed by atoms with van der Waals surface area (Å²) in [6.45, 7) is 7.91. The molecule has 0 bridgehead atoms. The standard InChI is InChI=1S/C20H31N3O3/c1-6-22(13-12-21(4)5)20(25)19-18(16-10-8-7-9-11-16)23(15(2)3)17(24)14-26-19/h7-11,15,18-19H,6,12-14H2,1-5H3/t18-,19+/m1/s1. The Morgan fingerprint density at radius 1 is 1.23 bits per heavy atom. The molecule has 0 aromatic heterocycles. The third kappa shape index (κ3) is 4.62. The second-order valence-electron chi connectivity index (χ2n) is 7.20. The van der Waals surface area contributed by atoms with Gasteiger partial charge >= 0.3 is 0 Å². The molecule has 6 nitrogen and oxygen atoms in total. The van der Waals surface area contributed by atoms with Crippen LogP contribution in [0, 0.1) is 0 Å². The Balaban J connectivity index is 2.34. The predicted octanol–water partition coefficient (Wildman–Crippen LogP) is 1.77. The van der Waals surface area contributed by atoms with Crippen molar-refractivity contribution in [3.05, 3.63) is 35.9 Å². The van der Waals surface area contributed by atoms with Crippen LogP contribution in [0.4, 0.5) is 0 Å². The Labute approximate surface area is 156 Å². The van der Waals surface area contributed by atoms with Crippen molar-refractivity contribution in [1.29, 1.82) is 0 Å². The Hall–Kier alpha value is -1.92. The van der Waals surface area contributed by atoms with E-state index < -0.39 is 12.1 Å². The molecule has 1 saturated heterocycles. The number of amides is 2. The first kappa shape index (κ1) is 20.4. The van der Waals surface area contributed by atoms with Gasteiger partial charge in [0.1, 0.15) is 6.61 Å². The first-order chi connectivity index (χ1) is 12.4. The minimum Gasteiger partial charge on any atom is -0.356 e. The van der Waals surface area contributed by atoms with Crippen molar-refractivity contribution < 1.29 is 14.3 Å². The minimum atomic E-state index is -0.681. The molecule has 0 spiro atoms. The summed E-state index contributed by atoms with van der Waals surface area (Å²) in [5, 5.41) is 0. The number of hydrogen-bond acceptors (Lipinski definition) is 4. The SMILES string of the molecule is CCN(CCN(C)C)C(=O)[C@H]1OCC(=O)N(C(C)C)[C@@H]1c1ccccc1. The van der Waals surface area contributed by atoms with Gasteiger partial charge in [-0.2, -0.15) is 0 Å². The topological polar surface area (TPSA) is 53.1 Å². The predicted molar refractivity (Wildman–Crippen MR) is 102 cm³/mol. The fourth-order valence-corrected chi connectivity index (χ4v) is 3.35. The average molecular weight is 361 g/mol. The molecule has 6 heteroatoms. The van der Waals surface area contributed by atoms with E-state index >= 15 is 0 Å². The lowest BCUT2D eigenvalue weighted by molar-refractivity contribution is -0.171. The van der Waals surface area contributed by atoms with Crippen molar-refractivity contribution in [3.63, 3.8) is 0 Å². The number of nitrogens with zero attached hydrogens (tertiary/aromatic N) is 3. The summed E-state index contributed by atoms with van der Waals surface area (Å²) in [6.07, 6.45) is -0.681. The van der Waals surface area contributed by atoms with E-state index in [0.717, 1.165) is 12.1 Å². The molecule has 0 saturated carbocycles. The van der Waals surface area contributed by atoms with Gasteiger partial charge < -0.3 is 19.4 Å². The van der Waals surface area contributed by atoms with E-state index in [0.29, 0.717) is 13.1 Å². The average Bonchev–Trinajstić information content (AvgIpc) is 2.61. The zero-order valence-electron chi connectivity index (χ0n) is 16.5. The fraction of sp³-hybridized carbons (Fsp3) is 0.600. The summed E-state index contributed by atoms with van der Waals surface area (Å²) in [5.74, 6) is -0.129. The van der Waals surface area contributed by atoms with Crippen molar-refractivity contribution in [2.45, 2.75) is 39.0 Å². The van der Waals surface area contributed by atoms with Crippen LogP contribution >= 0.6 is 0 Å². The molecule has 1 heterocycles. The Bertz CT molecular complexity index is 604. The molecule has 0 radical (unpaired) electrons. The molecule has 144 valence electrons. The van der Waals surface area contributed by atoms with E-state index in [-0.39, 0.29) is 24.5 Å². The molecular weight excluding hydrogens is 330 g/mol. The zero-order valence-corrected chi connectivity index (χ0v) is 16.5. The number of morpholine rings is 1. The maximum atomic E-state index is 13.2. The van der Waals surface area contributed by atoms with Crippen LogP contribution in [0.1, 0.15) is 32.4 Å². The highest BCUT2D eigenvalue weighted by Crippen LogP contribution is 2.32. The third-order valence-electron chi connectivity index (χ3n) is 4.71. The molecule has 2 amide bonds. The maximum absolute atomic E-state index is 13.2. The fourth-order valence-electron chi connectivity index (χ4n) is 3.35. The van der Waals surface area contributed by atoms with Gasteiger partial charge in [0.05, 0.1) is 6.04 Å². The highest BCUT2D eigenvalue weighted by Gasteiger charge is 2.43. The van der Waals surface area contributed by atoms with Crippen molar-refractivity contribution in [2.75, 3.05) is 40.3 Å². The molecule has 0 aliphatic carbocycles. The molecule has 2 rings (SSSR count). The summed E-state index contributed by atoms with van der Waals surface area (Å²) >= 11 is 0. The van der Waals surface area contributed by atoms with E-state index in [1.54, 1.807) is 4.90 Å². The Morgan fingerprint density at radius 2 is 1.88 bits per heavy atom. The number of benzene rings is 1. The number of rotatable bonds is 7. The van der Waals surface area contributed by atoms with Gasteiger partial charge in [0.25, 0.3) is 5.91 Å². The highest BCUT2D eigenvalue weighted by atomic mass is 16.5. The van der Waals surface area contributed by atoms with Crippen LogP contribution in [0.15, 0.2) is 30.3 Å². The van der Waals surface area contributed by atoms with Crippen molar-refractivity contribution in [2.24, 2.45) is 0 Å². The highest BCUT2D eigenvalue weighted by molar-refractivity contribution is 5.86. The van der Waals surface area contributed by atoms with Gasteiger partial charge in [0.15, 0.2) is 6.10 Å². The molecule has 1 aliphatic rings. The van der Waals surface area contributed by atoms with Crippen molar-refractivity contribution >= 4 is 11.8 Å². The lowest BCUT2D eigenvalue weighted by Crippen LogP contribution is -2.57. The van der Waals surface area contributed by atoms with Gasteiger partial charge in [0, 0.05) is 25.7 Å². The molecule has 0 unspecified atom stereocenters. The number of ether oxygens (including phenoxy) is 1. The van der Waals surface area contributed by atoms with Gasteiger partial charge in [-0.05, 0) is 40.4 Å². The molecule has 1 aromatic rings. The number of hydrogen-bond donors (Lipinski definition) is 0. The number of carbonyl (C=O) groups is 2. The van der Waals surface area contributed by atoms with E-state index in [9.17, 15) is 9.59 Å². The van der Waals surface area contributed by atoms with Crippen LogP contribution in [-0.4, -0.2) is 79.0 Å². The monoisotopic (exact) mass is 361 g/mol. The summed E-state index contributed by atoms with van der Waals surface area (Å²) < 4.78 is 5.79. The van der Waals surface area contributed by atoms with Crippen LogP contribution in [0.5, 0.6) is 0 Å². The van der Waals surface area contributed by atoms with E-state index in [1.807, 2.05) is 70.1 Å².